The molecule has 36 heavy (non-hydrogen) atoms. The van der Waals surface area contributed by atoms with E-state index in [4.69, 9.17) is 13.9 Å². The molecule has 1 amide bonds. The van der Waals surface area contributed by atoms with Crippen molar-refractivity contribution in [2.75, 3.05) is 0 Å². The van der Waals surface area contributed by atoms with Gasteiger partial charge in [-0.15, -0.1) is 0 Å². The molecule has 190 valence electrons. The molecule has 0 spiro atoms. The molecule has 7 heteroatoms. The summed E-state index contributed by atoms with van der Waals surface area (Å²) in [6.07, 6.45) is 3.56. The third kappa shape index (κ3) is 5.96. The Morgan fingerprint density at radius 3 is 2.50 bits per heavy atom. The molecule has 1 aliphatic rings. The molecule has 0 saturated heterocycles. The Labute approximate surface area is 210 Å². The first-order chi connectivity index (χ1) is 17.1. The van der Waals surface area contributed by atoms with Crippen LogP contribution in [0.5, 0.6) is 5.75 Å². The van der Waals surface area contributed by atoms with Crippen molar-refractivity contribution in [1.82, 2.24) is 5.32 Å². The first-order valence-corrected chi connectivity index (χ1v) is 12.5. The van der Waals surface area contributed by atoms with Crippen LogP contribution in [0.2, 0.25) is 0 Å². The van der Waals surface area contributed by atoms with E-state index in [9.17, 15) is 14.4 Å². The van der Waals surface area contributed by atoms with Gasteiger partial charge in [0.15, 0.2) is 0 Å². The normalized spacial score (nSPS) is 13.8. The summed E-state index contributed by atoms with van der Waals surface area (Å²) in [6, 6.07) is 12.0. The summed E-state index contributed by atoms with van der Waals surface area (Å²) in [5.74, 6) is -0.288. The molecule has 0 radical (unpaired) electrons. The zero-order chi connectivity index (χ0) is 25.9. The summed E-state index contributed by atoms with van der Waals surface area (Å²) in [5, 5.41) is 3.57. The van der Waals surface area contributed by atoms with Crippen molar-refractivity contribution < 1.29 is 23.5 Å². The highest BCUT2D eigenvalue weighted by molar-refractivity contribution is 5.87. The standard InChI is InChI=1S/C29H33NO6/c1-5-10-19-16-22-20-13-9-14-21(20)26(31)35-25(22)17-24(19)34-27(32)23(15-18-11-7-6-8-12-18)30-28(33)36-29(2,3)4/h6-8,11-12,16-17,23H,5,9-10,13-15H2,1-4H3,(H,30,33)/t23-/m1/s1. The molecule has 0 saturated carbocycles. The van der Waals surface area contributed by atoms with Gasteiger partial charge in [0.1, 0.15) is 23.0 Å². The summed E-state index contributed by atoms with van der Waals surface area (Å²) in [5.41, 5.74) is 2.87. The number of alkyl carbamates (subject to hydrolysis) is 1. The minimum Gasteiger partial charge on any atom is -0.444 e. The fourth-order valence-corrected chi connectivity index (χ4v) is 4.59. The van der Waals surface area contributed by atoms with E-state index in [2.05, 4.69) is 5.32 Å². The first kappa shape index (κ1) is 25.5. The molecular weight excluding hydrogens is 458 g/mol. The van der Waals surface area contributed by atoms with Gasteiger partial charge in [-0.25, -0.2) is 14.4 Å². The minimum absolute atomic E-state index is 0.234. The molecule has 1 heterocycles. The van der Waals surface area contributed by atoms with E-state index in [1.165, 1.54) is 0 Å². The fraction of sp³-hybridized carbons (Fsp3) is 0.414. The van der Waals surface area contributed by atoms with Crippen LogP contribution < -0.4 is 15.7 Å². The second-order valence-electron chi connectivity index (χ2n) is 10.2. The van der Waals surface area contributed by atoms with Crippen LogP contribution in [-0.2, 0) is 35.2 Å². The Hall–Kier alpha value is -3.61. The number of hydrogen-bond donors (Lipinski definition) is 1. The van der Waals surface area contributed by atoms with Gasteiger partial charge in [0.25, 0.3) is 0 Å². The number of amides is 1. The number of fused-ring (bicyclic) bond motifs is 3. The van der Waals surface area contributed by atoms with Crippen LogP contribution in [-0.4, -0.2) is 23.7 Å². The van der Waals surface area contributed by atoms with E-state index < -0.39 is 23.7 Å². The van der Waals surface area contributed by atoms with Gasteiger partial charge in [-0.1, -0.05) is 43.7 Å². The lowest BCUT2D eigenvalue weighted by Gasteiger charge is -2.23. The van der Waals surface area contributed by atoms with Gasteiger partial charge in [0.2, 0.25) is 0 Å². The lowest BCUT2D eigenvalue weighted by Crippen LogP contribution is -2.46. The maximum Gasteiger partial charge on any atom is 0.408 e. The van der Waals surface area contributed by atoms with Crippen molar-refractivity contribution in [3.63, 3.8) is 0 Å². The SMILES string of the molecule is CCCc1cc2c3c(c(=O)oc2cc1OC(=O)[C@@H](Cc1ccccc1)NC(=O)OC(C)(C)C)CCC3. The Morgan fingerprint density at radius 1 is 1.08 bits per heavy atom. The molecule has 3 aromatic rings. The first-order valence-electron chi connectivity index (χ1n) is 12.5. The van der Waals surface area contributed by atoms with Crippen molar-refractivity contribution >= 4 is 23.0 Å². The van der Waals surface area contributed by atoms with E-state index in [-0.39, 0.29) is 12.0 Å². The van der Waals surface area contributed by atoms with Gasteiger partial charge in [-0.3, -0.25) is 0 Å². The molecule has 0 unspecified atom stereocenters. The highest BCUT2D eigenvalue weighted by Crippen LogP contribution is 2.33. The highest BCUT2D eigenvalue weighted by Gasteiger charge is 2.28. The van der Waals surface area contributed by atoms with Crippen LogP contribution in [0, 0.1) is 0 Å². The predicted octanol–water partition coefficient (Wildman–Crippen LogP) is 5.28. The van der Waals surface area contributed by atoms with Crippen LogP contribution in [0.3, 0.4) is 0 Å². The zero-order valence-corrected chi connectivity index (χ0v) is 21.3. The number of carbonyl (C=O) groups excluding carboxylic acids is 2. The van der Waals surface area contributed by atoms with Crippen molar-refractivity contribution in [3.8, 4) is 5.75 Å². The Kier molecular flexibility index (Phi) is 7.48. The molecule has 1 aromatic heterocycles. The van der Waals surface area contributed by atoms with Crippen molar-refractivity contribution in [3.05, 3.63) is 75.1 Å². The monoisotopic (exact) mass is 491 g/mol. The molecule has 1 atom stereocenters. The third-order valence-corrected chi connectivity index (χ3v) is 6.14. The number of carbonyl (C=O) groups is 2. The van der Waals surface area contributed by atoms with Crippen LogP contribution in [0.1, 0.15) is 62.8 Å². The average Bonchev–Trinajstić information content (AvgIpc) is 3.30. The topological polar surface area (TPSA) is 94.8 Å². The second kappa shape index (κ2) is 10.6. The van der Waals surface area contributed by atoms with E-state index >= 15 is 0 Å². The maximum atomic E-state index is 13.4. The van der Waals surface area contributed by atoms with Crippen LogP contribution in [0.25, 0.3) is 11.0 Å². The minimum atomic E-state index is -0.973. The number of aryl methyl sites for hydroxylation is 2. The number of benzene rings is 2. The summed E-state index contributed by atoms with van der Waals surface area (Å²) >= 11 is 0. The van der Waals surface area contributed by atoms with Gasteiger partial charge in [-0.2, -0.15) is 0 Å². The fourth-order valence-electron chi connectivity index (χ4n) is 4.59. The number of rotatable bonds is 7. The Morgan fingerprint density at radius 2 is 1.81 bits per heavy atom. The highest BCUT2D eigenvalue weighted by atomic mass is 16.6. The van der Waals surface area contributed by atoms with Crippen LogP contribution in [0.15, 0.2) is 51.7 Å². The van der Waals surface area contributed by atoms with Crippen LogP contribution >= 0.6 is 0 Å². The Balaban J connectivity index is 1.66. The lowest BCUT2D eigenvalue weighted by atomic mass is 10.0. The smallest absolute Gasteiger partial charge is 0.408 e. The molecule has 1 aliphatic carbocycles. The summed E-state index contributed by atoms with van der Waals surface area (Å²) < 4.78 is 16.8. The summed E-state index contributed by atoms with van der Waals surface area (Å²) in [4.78, 5) is 38.4. The quantitative estimate of drug-likeness (QED) is 0.275. The van der Waals surface area contributed by atoms with Gasteiger partial charge in [0, 0.05) is 23.4 Å². The molecule has 7 nitrogen and oxygen atoms in total. The largest absolute Gasteiger partial charge is 0.444 e. The van der Waals surface area contributed by atoms with Crippen molar-refractivity contribution in [1.29, 1.82) is 0 Å². The molecule has 0 aliphatic heterocycles. The van der Waals surface area contributed by atoms with E-state index in [1.54, 1.807) is 26.8 Å². The number of nitrogens with one attached hydrogen (secondary N) is 1. The zero-order valence-electron chi connectivity index (χ0n) is 21.3. The molecule has 0 fully saturated rings. The molecule has 2 aromatic carbocycles. The van der Waals surface area contributed by atoms with E-state index in [0.29, 0.717) is 17.8 Å². The number of hydrogen-bond acceptors (Lipinski definition) is 6. The van der Waals surface area contributed by atoms with Gasteiger partial charge in [-0.05, 0) is 69.2 Å². The van der Waals surface area contributed by atoms with Crippen molar-refractivity contribution in [2.45, 2.75) is 77.9 Å². The summed E-state index contributed by atoms with van der Waals surface area (Å²) in [6.45, 7) is 7.32. The predicted molar refractivity (Wildman–Crippen MR) is 137 cm³/mol. The number of esters is 1. The number of ether oxygens (including phenoxy) is 2. The lowest BCUT2D eigenvalue weighted by molar-refractivity contribution is -0.136. The van der Waals surface area contributed by atoms with Gasteiger partial charge < -0.3 is 19.2 Å². The van der Waals surface area contributed by atoms with Crippen molar-refractivity contribution in [2.24, 2.45) is 0 Å². The molecule has 1 N–H and O–H groups in total. The van der Waals surface area contributed by atoms with E-state index in [1.807, 2.05) is 43.3 Å². The third-order valence-electron chi connectivity index (χ3n) is 6.14. The maximum absolute atomic E-state index is 13.4. The summed E-state index contributed by atoms with van der Waals surface area (Å²) in [7, 11) is 0. The molecular formula is C29H33NO6. The molecule has 4 rings (SSSR count). The van der Waals surface area contributed by atoms with Crippen LogP contribution in [0.4, 0.5) is 4.79 Å². The Bertz CT molecular complexity index is 1320. The van der Waals surface area contributed by atoms with Gasteiger partial charge in [0.05, 0.1) is 0 Å². The van der Waals surface area contributed by atoms with E-state index in [0.717, 1.165) is 53.3 Å². The molecule has 0 bridgehead atoms. The second-order valence-corrected chi connectivity index (χ2v) is 10.2. The van der Waals surface area contributed by atoms with Gasteiger partial charge >= 0.3 is 17.7 Å². The average molecular weight is 492 g/mol.